The van der Waals surface area contributed by atoms with Gasteiger partial charge in [0, 0.05) is 31.7 Å². The molecular formula is C16H24N2. The van der Waals surface area contributed by atoms with Crippen LogP contribution in [-0.4, -0.2) is 41.5 Å². The molecule has 2 nitrogen and oxygen atoms in total. The van der Waals surface area contributed by atoms with E-state index in [1.807, 2.05) is 0 Å². The molecule has 2 aliphatic rings. The fourth-order valence-corrected chi connectivity index (χ4v) is 3.47. The molecule has 18 heavy (non-hydrogen) atoms. The number of rotatable bonds is 2. The van der Waals surface area contributed by atoms with E-state index in [4.69, 9.17) is 0 Å². The van der Waals surface area contributed by atoms with Crippen LogP contribution in [0.3, 0.4) is 0 Å². The third-order valence-corrected chi connectivity index (χ3v) is 4.70. The summed E-state index contributed by atoms with van der Waals surface area (Å²) < 4.78 is 0. The van der Waals surface area contributed by atoms with Gasteiger partial charge in [-0.05, 0) is 44.4 Å². The molecule has 0 radical (unpaired) electrons. The zero-order valence-electron chi connectivity index (χ0n) is 11.6. The summed E-state index contributed by atoms with van der Waals surface area (Å²) in [5, 5.41) is 0. The summed E-state index contributed by atoms with van der Waals surface area (Å²) >= 11 is 0. The lowest BCUT2D eigenvalue weighted by atomic mass is 10.0. The maximum Gasteiger partial charge on any atom is 0.0240 e. The van der Waals surface area contributed by atoms with Crippen LogP contribution in [0.1, 0.15) is 30.9 Å². The molecule has 0 aliphatic carbocycles. The standard InChI is InChI=1S/C16H24N2/c1-13-6-3-4-7-15(13)11-18-12-16-8-5-9-17(16)10-14(18)2/h3-4,6-7,14,16H,5,8-12H2,1-2H3/t14-,16-/m0/s1. The lowest BCUT2D eigenvalue weighted by Gasteiger charge is -2.42. The fraction of sp³-hybridized carbons (Fsp3) is 0.625. The van der Waals surface area contributed by atoms with E-state index in [0.29, 0.717) is 6.04 Å². The normalized spacial score (nSPS) is 29.4. The Hall–Kier alpha value is -0.860. The van der Waals surface area contributed by atoms with Crippen molar-refractivity contribution in [2.45, 2.75) is 45.3 Å². The molecule has 0 bridgehead atoms. The molecule has 0 unspecified atom stereocenters. The molecular weight excluding hydrogens is 220 g/mol. The molecule has 2 heteroatoms. The van der Waals surface area contributed by atoms with E-state index in [-0.39, 0.29) is 0 Å². The summed E-state index contributed by atoms with van der Waals surface area (Å²) in [6, 6.07) is 10.3. The molecule has 98 valence electrons. The molecule has 2 saturated heterocycles. The zero-order valence-corrected chi connectivity index (χ0v) is 11.6. The molecule has 3 rings (SSSR count). The van der Waals surface area contributed by atoms with Crippen LogP contribution in [0.5, 0.6) is 0 Å². The van der Waals surface area contributed by atoms with Gasteiger partial charge in [0.2, 0.25) is 0 Å². The molecule has 0 saturated carbocycles. The van der Waals surface area contributed by atoms with Crippen molar-refractivity contribution in [3.05, 3.63) is 35.4 Å². The number of hydrogen-bond donors (Lipinski definition) is 0. The molecule has 1 aromatic carbocycles. The Balaban J connectivity index is 1.71. The smallest absolute Gasteiger partial charge is 0.0240 e. The first-order valence-corrected chi connectivity index (χ1v) is 7.26. The van der Waals surface area contributed by atoms with Crippen LogP contribution in [0.25, 0.3) is 0 Å². The van der Waals surface area contributed by atoms with Gasteiger partial charge in [-0.1, -0.05) is 24.3 Å². The lowest BCUT2D eigenvalue weighted by molar-refractivity contribution is 0.0539. The number of benzene rings is 1. The largest absolute Gasteiger partial charge is 0.298 e. The van der Waals surface area contributed by atoms with Crippen LogP contribution in [0, 0.1) is 6.92 Å². The second-order valence-corrected chi connectivity index (χ2v) is 6.00. The Bertz CT molecular complexity index is 415. The molecule has 0 amide bonds. The molecule has 2 fully saturated rings. The molecule has 0 N–H and O–H groups in total. The highest BCUT2D eigenvalue weighted by Crippen LogP contribution is 2.26. The number of fused-ring (bicyclic) bond motifs is 1. The van der Waals surface area contributed by atoms with Crippen LogP contribution in [0.15, 0.2) is 24.3 Å². The van der Waals surface area contributed by atoms with E-state index < -0.39 is 0 Å². The Morgan fingerprint density at radius 2 is 2.06 bits per heavy atom. The van der Waals surface area contributed by atoms with Crippen molar-refractivity contribution in [2.24, 2.45) is 0 Å². The summed E-state index contributed by atoms with van der Waals surface area (Å²) in [6.07, 6.45) is 2.80. The Morgan fingerprint density at radius 1 is 1.22 bits per heavy atom. The molecule has 2 atom stereocenters. The average Bonchev–Trinajstić information content (AvgIpc) is 2.79. The third kappa shape index (κ3) is 2.32. The minimum atomic E-state index is 0.693. The first-order valence-electron chi connectivity index (χ1n) is 7.26. The van der Waals surface area contributed by atoms with Crippen LogP contribution < -0.4 is 0 Å². The molecule has 0 aromatic heterocycles. The predicted octanol–water partition coefficient (Wildman–Crippen LogP) is 2.66. The highest BCUT2D eigenvalue weighted by Gasteiger charge is 2.34. The van der Waals surface area contributed by atoms with Crippen LogP contribution in [0.4, 0.5) is 0 Å². The van der Waals surface area contributed by atoms with Crippen LogP contribution in [-0.2, 0) is 6.54 Å². The Kier molecular flexibility index (Phi) is 3.40. The van der Waals surface area contributed by atoms with Crippen molar-refractivity contribution < 1.29 is 0 Å². The van der Waals surface area contributed by atoms with Gasteiger partial charge >= 0.3 is 0 Å². The van der Waals surface area contributed by atoms with Crippen LogP contribution in [0.2, 0.25) is 0 Å². The van der Waals surface area contributed by atoms with Crippen molar-refractivity contribution >= 4 is 0 Å². The van der Waals surface area contributed by atoms with Crippen molar-refractivity contribution in [1.82, 2.24) is 9.80 Å². The monoisotopic (exact) mass is 244 g/mol. The van der Waals surface area contributed by atoms with Crippen molar-refractivity contribution in [3.63, 3.8) is 0 Å². The second kappa shape index (κ2) is 5.02. The summed E-state index contributed by atoms with van der Waals surface area (Å²) in [6.45, 7) is 9.58. The first-order chi connectivity index (χ1) is 8.74. The minimum Gasteiger partial charge on any atom is -0.298 e. The summed E-state index contributed by atoms with van der Waals surface area (Å²) in [4.78, 5) is 5.37. The van der Waals surface area contributed by atoms with Gasteiger partial charge in [0.25, 0.3) is 0 Å². The third-order valence-electron chi connectivity index (χ3n) is 4.70. The quantitative estimate of drug-likeness (QED) is 0.789. The van der Waals surface area contributed by atoms with Gasteiger partial charge in [0.15, 0.2) is 0 Å². The van der Waals surface area contributed by atoms with Crippen molar-refractivity contribution in [2.75, 3.05) is 19.6 Å². The van der Waals surface area contributed by atoms with Crippen molar-refractivity contribution in [1.29, 1.82) is 0 Å². The van der Waals surface area contributed by atoms with Crippen LogP contribution >= 0.6 is 0 Å². The fourth-order valence-electron chi connectivity index (χ4n) is 3.47. The van der Waals surface area contributed by atoms with E-state index in [1.54, 1.807) is 0 Å². The van der Waals surface area contributed by atoms with Gasteiger partial charge < -0.3 is 0 Å². The molecule has 1 aromatic rings. The van der Waals surface area contributed by atoms with E-state index in [2.05, 4.69) is 47.9 Å². The zero-order chi connectivity index (χ0) is 12.5. The second-order valence-electron chi connectivity index (χ2n) is 6.00. The molecule has 2 heterocycles. The number of aryl methyl sites for hydroxylation is 1. The predicted molar refractivity (Wildman–Crippen MR) is 75.6 cm³/mol. The van der Waals surface area contributed by atoms with Crippen molar-refractivity contribution in [3.8, 4) is 0 Å². The van der Waals surface area contributed by atoms with Gasteiger partial charge in [-0.3, -0.25) is 9.80 Å². The lowest BCUT2D eigenvalue weighted by Crippen LogP contribution is -2.54. The number of nitrogens with zero attached hydrogens (tertiary/aromatic N) is 2. The number of piperazine rings is 1. The topological polar surface area (TPSA) is 6.48 Å². The van der Waals surface area contributed by atoms with Gasteiger partial charge in [-0.2, -0.15) is 0 Å². The average molecular weight is 244 g/mol. The van der Waals surface area contributed by atoms with E-state index >= 15 is 0 Å². The summed E-state index contributed by atoms with van der Waals surface area (Å²) in [7, 11) is 0. The van der Waals surface area contributed by atoms with Gasteiger partial charge in [-0.25, -0.2) is 0 Å². The number of hydrogen-bond acceptors (Lipinski definition) is 2. The van der Waals surface area contributed by atoms with E-state index in [9.17, 15) is 0 Å². The maximum absolute atomic E-state index is 2.69. The molecule has 2 aliphatic heterocycles. The van der Waals surface area contributed by atoms with E-state index in [0.717, 1.165) is 12.6 Å². The summed E-state index contributed by atoms with van der Waals surface area (Å²) in [5.74, 6) is 0. The molecule has 0 spiro atoms. The van der Waals surface area contributed by atoms with E-state index in [1.165, 1.54) is 43.6 Å². The maximum atomic E-state index is 2.69. The SMILES string of the molecule is Cc1ccccc1CN1C[C@@H]2CCCN2C[C@@H]1C. The summed E-state index contributed by atoms with van der Waals surface area (Å²) in [5.41, 5.74) is 2.93. The minimum absolute atomic E-state index is 0.693. The Morgan fingerprint density at radius 3 is 2.89 bits per heavy atom. The highest BCUT2D eigenvalue weighted by molar-refractivity contribution is 5.25. The van der Waals surface area contributed by atoms with Gasteiger partial charge in [0.1, 0.15) is 0 Å². The highest BCUT2D eigenvalue weighted by atomic mass is 15.3. The first kappa shape index (κ1) is 12.2. The van der Waals surface area contributed by atoms with Gasteiger partial charge in [-0.15, -0.1) is 0 Å². The van der Waals surface area contributed by atoms with Gasteiger partial charge in [0.05, 0.1) is 0 Å². The Labute approximate surface area is 111 Å².